The first-order valence-electron chi connectivity index (χ1n) is 10.6. The molecule has 0 spiro atoms. The minimum absolute atomic E-state index is 0.254. The number of nitrogens with one attached hydrogen (secondary N) is 1. The van der Waals surface area contributed by atoms with Gasteiger partial charge in [0, 0.05) is 60.3 Å². The van der Waals surface area contributed by atoms with E-state index in [4.69, 9.17) is 0 Å². The van der Waals surface area contributed by atoms with E-state index in [0.717, 1.165) is 57.6 Å². The molecule has 0 unspecified atom stereocenters. The smallest absolute Gasteiger partial charge is 0.211 e. The number of fused-ring (bicyclic) bond motifs is 2. The molecule has 6 nitrogen and oxygen atoms in total. The van der Waals surface area contributed by atoms with Crippen molar-refractivity contribution < 1.29 is 12.8 Å². The lowest BCUT2D eigenvalue weighted by atomic mass is 9.98. The van der Waals surface area contributed by atoms with E-state index in [-0.39, 0.29) is 5.82 Å². The summed E-state index contributed by atoms with van der Waals surface area (Å²) in [6, 6.07) is 6.95. The number of anilines is 1. The van der Waals surface area contributed by atoms with Crippen molar-refractivity contribution in [3.63, 3.8) is 0 Å². The van der Waals surface area contributed by atoms with E-state index in [9.17, 15) is 12.8 Å². The number of aromatic nitrogens is 2. The maximum atomic E-state index is 14.2. The van der Waals surface area contributed by atoms with Crippen LogP contribution in [0, 0.1) is 5.82 Å². The fraction of sp³-hybridized carbons (Fsp3) is 0.348. The van der Waals surface area contributed by atoms with E-state index in [0.29, 0.717) is 26.1 Å². The zero-order chi connectivity index (χ0) is 21.8. The molecule has 8 heteroatoms. The Bertz CT molecular complexity index is 1310. The molecule has 1 N–H and O–H groups in total. The van der Waals surface area contributed by atoms with Gasteiger partial charge in [-0.25, -0.2) is 17.8 Å². The Morgan fingerprint density at radius 1 is 1.23 bits per heavy atom. The highest BCUT2D eigenvalue weighted by atomic mass is 32.2. The standard InChI is InChI=1S/C23H25FN4O2S/c1-3-10-27-14-19-21-17(18-13-16(24)4-5-20(18)27)6-9-25-23(21)26-22(19)15-7-11-28(12-8-15)31(2,29)30/h4-7,9,13H,3,8,10-12,14H2,1-2H3,(H,25,26). The number of H-pyrrole nitrogens is 1. The first-order chi connectivity index (χ1) is 14.9. The lowest BCUT2D eigenvalue weighted by molar-refractivity contribution is 0.445. The predicted octanol–water partition coefficient (Wildman–Crippen LogP) is 4.15. The molecule has 2 aliphatic heterocycles. The van der Waals surface area contributed by atoms with Crippen LogP contribution in [0.2, 0.25) is 0 Å². The summed E-state index contributed by atoms with van der Waals surface area (Å²) in [5.74, 6) is -0.254. The van der Waals surface area contributed by atoms with Crippen LogP contribution < -0.4 is 4.90 Å². The van der Waals surface area contributed by atoms with Gasteiger partial charge in [0.2, 0.25) is 10.0 Å². The number of hydrogen-bond donors (Lipinski definition) is 1. The molecule has 3 aromatic rings. The van der Waals surface area contributed by atoms with Crippen LogP contribution in [0.1, 0.15) is 31.0 Å². The second-order valence-corrected chi connectivity index (χ2v) is 10.2. The molecule has 5 rings (SSSR count). The van der Waals surface area contributed by atoms with Crippen LogP contribution in [0.25, 0.3) is 27.7 Å². The molecule has 0 aliphatic carbocycles. The van der Waals surface area contributed by atoms with E-state index in [1.165, 1.54) is 16.6 Å². The van der Waals surface area contributed by atoms with Crippen LogP contribution in [0.15, 0.2) is 36.5 Å². The summed E-state index contributed by atoms with van der Waals surface area (Å²) in [4.78, 5) is 10.3. The third kappa shape index (κ3) is 3.43. The molecule has 2 aromatic heterocycles. The average molecular weight is 441 g/mol. The number of halogens is 1. The van der Waals surface area contributed by atoms with Crippen molar-refractivity contribution in [3.8, 4) is 11.1 Å². The van der Waals surface area contributed by atoms with Gasteiger partial charge in [0.1, 0.15) is 11.5 Å². The van der Waals surface area contributed by atoms with Gasteiger partial charge in [-0.2, -0.15) is 4.31 Å². The van der Waals surface area contributed by atoms with Crippen LogP contribution in [-0.4, -0.2) is 48.6 Å². The third-order valence-electron chi connectivity index (χ3n) is 6.19. The number of sulfonamides is 1. The van der Waals surface area contributed by atoms with Gasteiger partial charge < -0.3 is 9.88 Å². The molecule has 4 heterocycles. The Labute approximate surface area is 181 Å². The number of pyridine rings is 1. The van der Waals surface area contributed by atoms with Gasteiger partial charge in [-0.15, -0.1) is 0 Å². The normalized spacial score (nSPS) is 16.9. The summed E-state index contributed by atoms with van der Waals surface area (Å²) in [6.45, 7) is 4.51. The molecule has 162 valence electrons. The number of rotatable bonds is 4. The summed E-state index contributed by atoms with van der Waals surface area (Å²) < 4.78 is 39.5. The van der Waals surface area contributed by atoms with E-state index < -0.39 is 10.0 Å². The van der Waals surface area contributed by atoms with Gasteiger partial charge in [0.15, 0.2) is 0 Å². The van der Waals surface area contributed by atoms with Crippen LogP contribution in [0.3, 0.4) is 0 Å². The number of benzene rings is 1. The topological polar surface area (TPSA) is 69.3 Å². The fourth-order valence-electron chi connectivity index (χ4n) is 4.76. The minimum atomic E-state index is -3.21. The maximum absolute atomic E-state index is 14.2. The number of hydrogen-bond acceptors (Lipinski definition) is 4. The number of nitrogens with zero attached hydrogens (tertiary/aromatic N) is 3. The summed E-state index contributed by atoms with van der Waals surface area (Å²) >= 11 is 0. The Hall–Kier alpha value is -2.71. The molecule has 1 aromatic carbocycles. The molecule has 0 atom stereocenters. The molecular weight excluding hydrogens is 415 g/mol. The zero-order valence-corrected chi connectivity index (χ0v) is 18.5. The molecule has 0 saturated carbocycles. The van der Waals surface area contributed by atoms with E-state index in [1.54, 1.807) is 12.3 Å². The monoisotopic (exact) mass is 440 g/mol. The van der Waals surface area contributed by atoms with Crippen molar-refractivity contribution in [1.82, 2.24) is 14.3 Å². The van der Waals surface area contributed by atoms with Crippen molar-refractivity contribution in [2.45, 2.75) is 26.3 Å². The predicted molar refractivity (Wildman–Crippen MR) is 122 cm³/mol. The van der Waals surface area contributed by atoms with Crippen LogP contribution in [0.5, 0.6) is 0 Å². The summed E-state index contributed by atoms with van der Waals surface area (Å²) in [5.41, 5.74) is 6.92. The van der Waals surface area contributed by atoms with Crippen molar-refractivity contribution in [3.05, 3.63) is 53.6 Å². The Morgan fingerprint density at radius 2 is 2.06 bits per heavy atom. The molecule has 0 bridgehead atoms. The van der Waals surface area contributed by atoms with Crippen LogP contribution in [0.4, 0.5) is 10.1 Å². The van der Waals surface area contributed by atoms with Crippen LogP contribution in [-0.2, 0) is 16.6 Å². The highest BCUT2D eigenvalue weighted by Crippen LogP contribution is 2.43. The Balaban J connectivity index is 1.69. The van der Waals surface area contributed by atoms with Crippen molar-refractivity contribution in [2.24, 2.45) is 0 Å². The van der Waals surface area contributed by atoms with Gasteiger partial charge in [-0.05, 0) is 48.2 Å². The van der Waals surface area contributed by atoms with Crippen molar-refractivity contribution in [1.29, 1.82) is 0 Å². The van der Waals surface area contributed by atoms with Gasteiger partial charge in [0.25, 0.3) is 0 Å². The van der Waals surface area contributed by atoms with Crippen molar-refractivity contribution in [2.75, 3.05) is 30.8 Å². The fourth-order valence-corrected chi connectivity index (χ4v) is 5.53. The first-order valence-corrected chi connectivity index (χ1v) is 12.4. The molecule has 0 amide bonds. The number of aromatic amines is 1. The largest absolute Gasteiger partial charge is 0.367 e. The maximum Gasteiger partial charge on any atom is 0.211 e. The molecule has 0 radical (unpaired) electrons. The summed E-state index contributed by atoms with van der Waals surface area (Å²) in [5, 5.41) is 1.02. The molecule has 2 aliphatic rings. The second kappa shape index (κ2) is 7.46. The first kappa shape index (κ1) is 20.2. The highest BCUT2D eigenvalue weighted by Gasteiger charge is 2.28. The SMILES string of the molecule is CCCN1Cc2c(C3=CCN(S(C)(=O)=O)CC3)[nH]c3nccc(c23)-c2cc(F)ccc21. The van der Waals surface area contributed by atoms with Gasteiger partial charge in [-0.3, -0.25) is 0 Å². The molecular formula is C23H25FN4O2S. The van der Waals surface area contributed by atoms with E-state index in [2.05, 4.69) is 21.8 Å². The zero-order valence-electron chi connectivity index (χ0n) is 17.7. The average Bonchev–Trinajstić information content (AvgIpc) is 3.05. The highest BCUT2D eigenvalue weighted by molar-refractivity contribution is 7.88. The summed E-state index contributed by atoms with van der Waals surface area (Å²) in [7, 11) is -3.21. The van der Waals surface area contributed by atoms with Gasteiger partial charge >= 0.3 is 0 Å². The lowest BCUT2D eigenvalue weighted by Gasteiger charge is -2.27. The Kier molecular flexibility index (Phi) is 4.86. The summed E-state index contributed by atoms with van der Waals surface area (Å²) in [6.07, 6.45) is 6.61. The molecule has 0 saturated heterocycles. The Morgan fingerprint density at radius 3 is 2.77 bits per heavy atom. The third-order valence-corrected chi connectivity index (χ3v) is 7.46. The van der Waals surface area contributed by atoms with Crippen molar-refractivity contribution >= 4 is 32.3 Å². The second-order valence-electron chi connectivity index (χ2n) is 8.24. The van der Waals surface area contributed by atoms with Crippen LogP contribution >= 0.6 is 0 Å². The van der Waals surface area contributed by atoms with E-state index >= 15 is 0 Å². The van der Waals surface area contributed by atoms with E-state index in [1.807, 2.05) is 18.2 Å². The molecule has 0 fully saturated rings. The van der Waals surface area contributed by atoms with Gasteiger partial charge in [0.05, 0.1) is 6.26 Å². The quantitative estimate of drug-likeness (QED) is 0.662. The lowest BCUT2D eigenvalue weighted by Crippen LogP contribution is -2.33. The molecule has 31 heavy (non-hydrogen) atoms. The van der Waals surface area contributed by atoms with Gasteiger partial charge in [-0.1, -0.05) is 13.0 Å². The minimum Gasteiger partial charge on any atom is -0.367 e.